The van der Waals surface area contributed by atoms with Gasteiger partial charge < -0.3 is 19.9 Å². The van der Waals surface area contributed by atoms with Crippen molar-refractivity contribution < 1.29 is 4.74 Å². The fourth-order valence-corrected chi connectivity index (χ4v) is 2.68. The Morgan fingerprint density at radius 1 is 1.12 bits per heavy atom. The van der Waals surface area contributed by atoms with Crippen molar-refractivity contribution in [1.29, 1.82) is 0 Å². The van der Waals surface area contributed by atoms with E-state index in [1.807, 2.05) is 41.1 Å². The molecule has 0 aliphatic rings. The first-order chi connectivity index (χ1) is 12.8. The van der Waals surface area contributed by atoms with Crippen molar-refractivity contribution in [1.82, 2.24) is 20.2 Å². The fraction of sp³-hybridized carbons (Fsp3) is 0.200. The minimum absolute atomic E-state index is 0.659. The molecule has 0 aliphatic carbocycles. The van der Waals surface area contributed by atoms with Crippen LogP contribution in [0.2, 0.25) is 0 Å². The van der Waals surface area contributed by atoms with E-state index in [9.17, 15) is 0 Å². The summed E-state index contributed by atoms with van der Waals surface area (Å²) < 4.78 is 7.26. The van der Waals surface area contributed by atoms with Gasteiger partial charge in [-0.05, 0) is 29.3 Å². The van der Waals surface area contributed by atoms with E-state index in [4.69, 9.17) is 4.74 Å². The summed E-state index contributed by atoms with van der Waals surface area (Å²) in [4.78, 5) is 8.42. The van der Waals surface area contributed by atoms with Crippen LogP contribution in [0.25, 0.3) is 5.69 Å². The van der Waals surface area contributed by atoms with Crippen LogP contribution in [-0.4, -0.2) is 29.7 Å². The minimum atomic E-state index is 0.659. The number of aliphatic imine (C=N–C) groups is 1. The maximum Gasteiger partial charge on any atom is 0.191 e. The molecule has 0 atom stereocenters. The van der Waals surface area contributed by atoms with E-state index in [1.54, 1.807) is 26.7 Å². The predicted molar refractivity (Wildman–Crippen MR) is 104 cm³/mol. The van der Waals surface area contributed by atoms with Crippen molar-refractivity contribution in [3.8, 4) is 11.4 Å². The third-order valence-corrected chi connectivity index (χ3v) is 4.04. The second kappa shape index (κ2) is 8.71. The zero-order valence-corrected chi connectivity index (χ0v) is 15.0. The van der Waals surface area contributed by atoms with Gasteiger partial charge in [-0.15, -0.1) is 0 Å². The number of aromatic nitrogens is 2. The van der Waals surface area contributed by atoms with Crippen LogP contribution >= 0.6 is 0 Å². The van der Waals surface area contributed by atoms with E-state index in [-0.39, 0.29) is 0 Å². The number of hydrogen-bond acceptors (Lipinski definition) is 3. The number of rotatable bonds is 6. The van der Waals surface area contributed by atoms with Gasteiger partial charge in [0, 0.05) is 32.5 Å². The monoisotopic (exact) mass is 349 g/mol. The van der Waals surface area contributed by atoms with Crippen molar-refractivity contribution in [2.45, 2.75) is 13.1 Å². The zero-order valence-electron chi connectivity index (χ0n) is 15.0. The largest absolute Gasteiger partial charge is 0.497 e. The lowest BCUT2D eigenvalue weighted by molar-refractivity contribution is 0.414. The highest BCUT2D eigenvalue weighted by Crippen LogP contribution is 2.14. The van der Waals surface area contributed by atoms with E-state index >= 15 is 0 Å². The Labute approximate surface area is 153 Å². The van der Waals surface area contributed by atoms with Crippen LogP contribution in [0.1, 0.15) is 11.1 Å². The van der Waals surface area contributed by atoms with E-state index in [1.165, 1.54) is 0 Å². The molecule has 0 aliphatic heterocycles. The number of nitrogens with zero attached hydrogens (tertiary/aromatic N) is 3. The van der Waals surface area contributed by atoms with Gasteiger partial charge in [0.05, 0.1) is 19.1 Å². The molecular weight excluding hydrogens is 326 g/mol. The van der Waals surface area contributed by atoms with E-state index < -0.39 is 0 Å². The number of guanidine groups is 1. The maximum atomic E-state index is 5.26. The molecule has 0 unspecified atom stereocenters. The molecule has 2 aromatic carbocycles. The highest BCUT2D eigenvalue weighted by molar-refractivity contribution is 5.79. The Balaban J connectivity index is 1.61. The Morgan fingerprint density at radius 2 is 1.96 bits per heavy atom. The number of imidazole rings is 1. The summed E-state index contributed by atoms with van der Waals surface area (Å²) in [5, 5.41) is 6.69. The lowest BCUT2D eigenvalue weighted by Crippen LogP contribution is -2.36. The first kappa shape index (κ1) is 17.5. The van der Waals surface area contributed by atoms with Gasteiger partial charge in [-0.25, -0.2) is 4.98 Å². The SMILES string of the molecule is CN=C(NCc1cccc(OC)c1)NCc1ccccc1-n1ccnc1. The highest BCUT2D eigenvalue weighted by Gasteiger charge is 2.05. The highest BCUT2D eigenvalue weighted by atomic mass is 16.5. The molecule has 0 radical (unpaired) electrons. The molecule has 0 saturated carbocycles. The predicted octanol–water partition coefficient (Wildman–Crippen LogP) is 2.75. The quantitative estimate of drug-likeness (QED) is 0.531. The average molecular weight is 349 g/mol. The summed E-state index contributed by atoms with van der Waals surface area (Å²) in [6.07, 6.45) is 5.52. The van der Waals surface area contributed by atoms with Gasteiger partial charge in [0.25, 0.3) is 0 Å². The summed E-state index contributed by atoms with van der Waals surface area (Å²) in [6.45, 7) is 1.33. The number of ether oxygens (including phenoxy) is 1. The molecule has 0 saturated heterocycles. The number of hydrogen-bond donors (Lipinski definition) is 2. The standard InChI is InChI=1S/C20H23N5O/c1-21-20(23-13-16-6-5-8-18(12-16)26-2)24-14-17-7-3-4-9-19(17)25-11-10-22-15-25/h3-12,15H,13-14H2,1-2H3,(H2,21,23,24). The van der Waals surface area contributed by atoms with Crippen LogP contribution in [0, 0.1) is 0 Å². The lowest BCUT2D eigenvalue weighted by atomic mass is 10.1. The van der Waals surface area contributed by atoms with E-state index in [0.717, 1.165) is 28.5 Å². The summed E-state index contributed by atoms with van der Waals surface area (Å²) >= 11 is 0. The molecule has 0 spiro atoms. The van der Waals surface area contributed by atoms with Crippen molar-refractivity contribution in [3.63, 3.8) is 0 Å². The van der Waals surface area contributed by atoms with Crippen LogP contribution in [0.3, 0.4) is 0 Å². The third-order valence-electron chi connectivity index (χ3n) is 4.04. The van der Waals surface area contributed by atoms with E-state index in [0.29, 0.717) is 13.1 Å². The van der Waals surface area contributed by atoms with Crippen LogP contribution < -0.4 is 15.4 Å². The van der Waals surface area contributed by atoms with Gasteiger partial charge in [0.1, 0.15) is 5.75 Å². The first-order valence-electron chi connectivity index (χ1n) is 8.44. The van der Waals surface area contributed by atoms with Crippen LogP contribution in [0.4, 0.5) is 0 Å². The van der Waals surface area contributed by atoms with Gasteiger partial charge in [-0.2, -0.15) is 0 Å². The van der Waals surface area contributed by atoms with Crippen LogP contribution in [0.15, 0.2) is 72.2 Å². The van der Waals surface area contributed by atoms with Gasteiger partial charge >= 0.3 is 0 Å². The molecule has 26 heavy (non-hydrogen) atoms. The van der Waals surface area contributed by atoms with Gasteiger partial charge in [-0.1, -0.05) is 30.3 Å². The summed E-state index contributed by atoms with van der Waals surface area (Å²) in [6, 6.07) is 16.2. The van der Waals surface area contributed by atoms with E-state index in [2.05, 4.69) is 38.8 Å². The summed E-state index contributed by atoms with van der Waals surface area (Å²) in [5.41, 5.74) is 3.39. The molecule has 6 heteroatoms. The Morgan fingerprint density at radius 3 is 2.73 bits per heavy atom. The third kappa shape index (κ3) is 4.42. The zero-order chi connectivity index (χ0) is 18.2. The normalized spacial score (nSPS) is 11.2. The second-order valence-electron chi connectivity index (χ2n) is 5.73. The molecule has 3 rings (SSSR count). The molecular formula is C20H23N5O. The molecule has 2 N–H and O–H groups in total. The smallest absolute Gasteiger partial charge is 0.191 e. The Bertz CT molecular complexity index is 858. The molecule has 0 bridgehead atoms. The molecule has 1 aromatic heterocycles. The van der Waals surface area contributed by atoms with Crippen LogP contribution in [-0.2, 0) is 13.1 Å². The van der Waals surface area contributed by atoms with Crippen LogP contribution in [0.5, 0.6) is 5.75 Å². The van der Waals surface area contributed by atoms with Crippen molar-refractivity contribution in [2.24, 2.45) is 4.99 Å². The number of nitrogens with one attached hydrogen (secondary N) is 2. The number of methoxy groups -OCH3 is 1. The second-order valence-corrected chi connectivity index (χ2v) is 5.73. The molecule has 6 nitrogen and oxygen atoms in total. The molecule has 134 valence electrons. The van der Waals surface area contributed by atoms with Gasteiger partial charge in [-0.3, -0.25) is 4.99 Å². The average Bonchev–Trinajstić information content (AvgIpc) is 3.23. The topological polar surface area (TPSA) is 63.5 Å². The van der Waals surface area contributed by atoms with Gasteiger partial charge in [0.15, 0.2) is 5.96 Å². The molecule has 1 heterocycles. The molecule has 0 amide bonds. The van der Waals surface area contributed by atoms with Crippen molar-refractivity contribution >= 4 is 5.96 Å². The minimum Gasteiger partial charge on any atom is -0.497 e. The lowest BCUT2D eigenvalue weighted by Gasteiger charge is -2.15. The Hall–Kier alpha value is -3.28. The first-order valence-corrected chi connectivity index (χ1v) is 8.44. The molecule has 0 fully saturated rings. The fourth-order valence-electron chi connectivity index (χ4n) is 2.68. The number of para-hydroxylation sites is 1. The van der Waals surface area contributed by atoms with Crippen molar-refractivity contribution in [2.75, 3.05) is 14.2 Å². The van der Waals surface area contributed by atoms with Crippen molar-refractivity contribution in [3.05, 3.63) is 78.4 Å². The van der Waals surface area contributed by atoms with Gasteiger partial charge in [0.2, 0.25) is 0 Å². The molecule has 3 aromatic rings. The Kier molecular flexibility index (Phi) is 5.88. The summed E-state index contributed by atoms with van der Waals surface area (Å²) in [7, 11) is 3.44. The number of benzene rings is 2. The maximum absolute atomic E-state index is 5.26. The summed E-state index contributed by atoms with van der Waals surface area (Å²) in [5.74, 6) is 1.59.